The maximum atomic E-state index is 11.1. The van der Waals surface area contributed by atoms with E-state index < -0.39 is 0 Å². The first-order valence-electron chi connectivity index (χ1n) is 5.89. The van der Waals surface area contributed by atoms with Crippen LogP contribution >= 0.6 is 11.6 Å². The van der Waals surface area contributed by atoms with Gasteiger partial charge in [0.25, 0.3) is 0 Å². The van der Waals surface area contributed by atoms with Crippen LogP contribution in [0.3, 0.4) is 0 Å². The molecule has 1 fully saturated rings. The van der Waals surface area contributed by atoms with Crippen LogP contribution in [-0.4, -0.2) is 44.4 Å². The van der Waals surface area contributed by atoms with Gasteiger partial charge in [-0.25, -0.2) is 0 Å². The van der Waals surface area contributed by atoms with E-state index in [0.717, 1.165) is 44.6 Å². The van der Waals surface area contributed by atoms with Crippen LogP contribution in [-0.2, 0) is 0 Å². The van der Waals surface area contributed by atoms with Gasteiger partial charge in [0, 0.05) is 35.9 Å². The van der Waals surface area contributed by atoms with Crippen molar-refractivity contribution in [1.29, 1.82) is 0 Å². The minimum absolute atomic E-state index is 0.614. The number of anilines is 1. The summed E-state index contributed by atoms with van der Waals surface area (Å²) in [7, 11) is 2.13. The van der Waals surface area contributed by atoms with Crippen LogP contribution in [0.15, 0.2) is 18.2 Å². The molecular formula is C13H17ClN2O. The molecule has 4 heteroatoms. The summed E-state index contributed by atoms with van der Waals surface area (Å²) in [6.07, 6.45) is 2.01. The average molecular weight is 253 g/mol. The Bertz CT molecular complexity index is 408. The Kier molecular flexibility index (Phi) is 4.02. The molecule has 0 saturated carbocycles. The van der Waals surface area contributed by atoms with Crippen molar-refractivity contribution >= 4 is 23.6 Å². The summed E-state index contributed by atoms with van der Waals surface area (Å²) in [6.45, 7) is 4.09. The highest BCUT2D eigenvalue weighted by Gasteiger charge is 2.15. The van der Waals surface area contributed by atoms with Crippen LogP contribution in [0.1, 0.15) is 16.8 Å². The van der Waals surface area contributed by atoms with Crippen LogP contribution in [0.4, 0.5) is 5.69 Å². The summed E-state index contributed by atoms with van der Waals surface area (Å²) in [5.74, 6) is 0. The molecule has 0 aromatic heterocycles. The number of carbonyl (C=O) groups excluding carboxylic acids is 1. The van der Waals surface area contributed by atoms with E-state index in [-0.39, 0.29) is 0 Å². The third-order valence-corrected chi connectivity index (χ3v) is 3.41. The number of aldehydes is 1. The third kappa shape index (κ3) is 2.99. The van der Waals surface area contributed by atoms with Gasteiger partial charge in [0.2, 0.25) is 0 Å². The molecule has 1 aliphatic heterocycles. The molecule has 0 bridgehead atoms. The number of nitrogens with zero attached hydrogens (tertiary/aromatic N) is 2. The second-order valence-corrected chi connectivity index (χ2v) is 4.90. The lowest BCUT2D eigenvalue weighted by molar-refractivity contribution is 0.112. The second-order valence-electron chi connectivity index (χ2n) is 4.46. The zero-order chi connectivity index (χ0) is 12.3. The maximum Gasteiger partial charge on any atom is 0.152 e. The van der Waals surface area contributed by atoms with Gasteiger partial charge in [0.05, 0.1) is 0 Å². The summed E-state index contributed by atoms with van der Waals surface area (Å²) in [5, 5.41) is 0.614. The Morgan fingerprint density at radius 3 is 2.82 bits per heavy atom. The monoisotopic (exact) mass is 252 g/mol. The summed E-state index contributed by atoms with van der Waals surface area (Å²) >= 11 is 5.90. The van der Waals surface area contributed by atoms with Crippen molar-refractivity contribution in [1.82, 2.24) is 4.90 Å². The van der Waals surface area contributed by atoms with Gasteiger partial charge in [0.15, 0.2) is 6.29 Å². The molecule has 3 nitrogen and oxygen atoms in total. The molecule has 0 unspecified atom stereocenters. The molecule has 1 saturated heterocycles. The molecule has 1 aliphatic rings. The number of halogens is 1. The zero-order valence-corrected chi connectivity index (χ0v) is 10.8. The van der Waals surface area contributed by atoms with E-state index in [0.29, 0.717) is 10.6 Å². The molecule has 0 radical (unpaired) electrons. The van der Waals surface area contributed by atoms with Crippen LogP contribution < -0.4 is 4.90 Å². The van der Waals surface area contributed by atoms with Gasteiger partial charge in [-0.15, -0.1) is 0 Å². The van der Waals surface area contributed by atoms with Gasteiger partial charge in [-0.05, 0) is 38.2 Å². The number of likely N-dealkylation sites (N-methyl/N-ethyl adjacent to an activating group) is 1. The highest BCUT2D eigenvalue weighted by atomic mass is 35.5. The fourth-order valence-electron chi connectivity index (χ4n) is 2.20. The van der Waals surface area contributed by atoms with Gasteiger partial charge in [-0.2, -0.15) is 0 Å². The highest BCUT2D eigenvalue weighted by Crippen LogP contribution is 2.24. The number of benzene rings is 1. The van der Waals surface area contributed by atoms with Gasteiger partial charge in [-0.3, -0.25) is 4.79 Å². The Morgan fingerprint density at radius 2 is 2.06 bits per heavy atom. The maximum absolute atomic E-state index is 11.1. The number of hydrogen-bond acceptors (Lipinski definition) is 3. The average Bonchev–Trinajstić information content (AvgIpc) is 2.54. The first-order valence-corrected chi connectivity index (χ1v) is 6.27. The fourth-order valence-corrected chi connectivity index (χ4v) is 2.38. The lowest BCUT2D eigenvalue weighted by Gasteiger charge is -2.24. The first kappa shape index (κ1) is 12.4. The summed E-state index contributed by atoms with van der Waals surface area (Å²) in [4.78, 5) is 15.7. The second kappa shape index (κ2) is 5.52. The van der Waals surface area contributed by atoms with E-state index in [1.54, 1.807) is 6.07 Å². The van der Waals surface area contributed by atoms with E-state index in [1.165, 1.54) is 0 Å². The van der Waals surface area contributed by atoms with Gasteiger partial charge in [0.1, 0.15) is 0 Å². The van der Waals surface area contributed by atoms with Crippen molar-refractivity contribution in [2.75, 3.05) is 38.1 Å². The van der Waals surface area contributed by atoms with Crippen molar-refractivity contribution in [2.45, 2.75) is 6.42 Å². The smallest absolute Gasteiger partial charge is 0.152 e. The van der Waals surface area contributed by atoms with Crippen LogP contribution in [0.2, 0.25) is 5.02 Å². The molecule has 0 aliphatic carbocycles. The highest BCUT2D eigenvalue weighted by molar-refractivity contribution is 6.31. The van der Waals surface area contributed by atoms with Crippen molar-refractivity contribution < 1.29 is 4.79 Å². The standard InChI is InChI=1S/C13H17ClN2O/c1-15-5-2-6-16(8-7-15)13-4-3-12(14)9-11(13)10-17/h3-4,9-10H,2,5-8H2,1H3. The molecule has 0 spiro atoms. The molecule has 0 amide bonds. The Morgan fingerprint density at radius 1 is 1.24 bits per heavy atom. The Labute approximate surface area is 107 Å². The topological polar surface area (TPSA) is 23.6 Å². The molecule has 1 aromatic rings. The van der Waals surface area contributed by atoms with Crippen LogP contribution in [0.25, 0.3) is 0 Å². The zero-order valence-electron chi connectivity index (χ0n) is 10.0. The number of carbonyl (C=O) groups is 1. The molecule has 17 heavy (non-hydrogen) atoms. The molecule has 0 atom stereocenters. The minimum atomic E-state index is 0.614. The van der Waals surface area contributed by atoms with Crippen LogP contribution in [0.5, 0.6) is 0 Å². The first-order chi connectivity index (χ1) is 8.20. The normalized spacial score (nSPS) is 17.9. The van der Waals surface area contributed by atoms with E-state index in [9.17, 15) is 4.79 Å². The van der Waals surface area contributed by atoms with Crippen molar-refractivity contribution in [2.24, 2.45) is 0 Å². The SMILES string of the molecule is CN1CCCN(c2ccc(Cl)cc2C=O)CC1. The largest absolute Gasteiger partial charge is 0.370 e. The summed E-state index contributed by atoms with van der Waals surface area (Å²) in [5.41, 5.74) is 1.68. The molecule has 2 rings (SSSR count). The van der Waals surface area contributed by atoms with Crippen molar-refractivity contribution in [3.63, 3.8) is 0 Å². The van der Waals surface area contributed by atoms with E-state index in [4.69, 9.17) is 11.6 Å². The number of hydrogen-bond donors (Lipinski definition) is 0. The van der Waals surface area contributed by atoms with Crippen molar-refractivity contribution in [3.8, 4) is 0 Å². The van der Waals surface area contributed by atoms with E-state index in [2.05, 4.69) is 16.8 Å². The van der Waals surface area contributed by atoms with Gasteiger partial charge < -0.3 is 9.80 Å². The number of rotatable bonds is 2. The summed E-state index contributed by atoms with van der Waals surface area (Å²) in [6, 6.07) is 5.52. The van der Waals surface area contributed by atoms with E-state index in [1.807, 2.05) is 12.1 Å². The minimum Gasteiger partial charge on any atom is -0.370 e. The van der Waals surface area contributed by atoms with Gasteiger partial charge in [-0.1, -0.05) is 11.6 Å². The lowest BCUT2D eigenvalue weighted by Crippen LogP contribution is -2.29. The predicted molar refractivity (Wildman–Crippen MR) is 71.2 cm³/mol. The Hall–Kier alpha value is -1.06. The fraction of sp³-hybridized carbons (Fsp3) is 0.462. The molecule has 1 heterocycles. The van der Waals surface area contributed by atoms with E-state index >= 15 is 0 Å². The lowest BCUT2D eigenvalue weighted by atomic mass is 10.1. The molecular weight excluding hydrogens is 236 g/mol. The quantitative estimate of drug-likeness (QED) is 0.755. The van der Waals surface area contributed by atoms with Gasteiger partial charge >= 0.3 is 0 Å². The van der Waals surface area contributed by atoms with Crippen molar-refractivity contribution in [3.05, 3.63) is 28.8 Å². The third-order valence-electron chi connectivity index (χ3n) is 3.18. The Balaban J connectivity index is 2.23. The predicted octanol–water partition coefficient (Wildman–Crippen LogP) is 2.29. The van der Waals surface area contributed by atoms with Crippen LogP contribution in [0, 0.1) is 0 Å². The molecule has 0 N–H and O–H groups in total. The molecule has 1 aromatic carbocycles. The summed E-state index contributed by atoms with van der Waals surface area (Å²) < 4.78 is 0. The molecule has 92 valence electrons.